The molecule has 0 aliphatic carbocycles. The molecule has 8 aromatic carbocycles. The minimum absolute atomic E-state index is 0.625. The van der Waals surface area contributed by atoms with Gasteiger partial charge in [-0.15, -0.1) is 0 Å². The Balaban J connectivity index is 1.28. The Morgan fingerprint density at radius 2 is 0.962 bits per heavy atom. The van der Waals surface area contributed by atoms with Crippen molar-refractivity contribution < 1.29 is 4.74 Å². The quantitative estimate of drug-likeness (QED) is 0.187. The summed E-state index contributed by atoms with van der Waals surface area (Å²) in [5.41, 5.74) is 10.6. The van der Waals surface area contributed by atoms with Crippen molar-refractivity contribution in [2.75, 3.05) is 0 Å². The summed E-state index contributed by atoms with van der Waals surface area (Å²) < 4.78 is 11.1. The van der Waals surface area contributed by atoms with Crippen molar-refractivity contribution >= 4 is 65.3 Å². The zero-order valence-electron chi connectivity index (χ0n) is 28.4. The van der Waals surface area contributed by atoms with Gasteiger partial charge in [-0.3, -0.25) is 4.57 Å². The average Bonchev–Trinajstić information content (AvgIpc) is 3.76. The van der Waals surface area contributed by atoms with Crippen LogP contribution in [0.3, 0.4) is 0 Å². The highest BCUT2D eigenvalue weighted by molar-refractivity contribution is 6.36. The molecule has 0 amide bonds. The number of hydrogen-bond acceptors (Lipinski definition) is 3. The van der Waals surface area contributed by atoms with Gasteiger partial charge in [-0.1, -0.05) is 121 Å². The van der Waals surface area contributed by atoms with E-state index in [0.717, 1.165) is 66.8 Å². The highest BCUT2D eigenvalue weighted by Gasteiger charge is 2.28. The van der Waals surface area contributed by atoms with Crippen LogP contribution in [-0.2, 0) is 0 Å². The first-order chi connectivity index (χ1) is 26.3. The third-order valence-corrected chi connectivity index (χ3v) is 10.9. The minimum Gasteiger partial charge on any atom is -0.456 e. The molecule has 0 unspecified atom stereocenters. The summed E-state index contributed by atoms with van der Waals surface area (Å²) in [6.07, 6.45) is 0. The summed E-state index contributed by atoms with van der Waals surface area (Å²) in [6, 6.07) is 60.0. The van der Waals surface area contributed by atoms with E-state index in [9.17, 15) is 0 Å². The number of rotatable bonds is 3. The highest BCUT2D eigenvalue weighted by atomic mass is 16.5. The van der Waals surface area contributed by atoms with Gasteiger partial charge in [-0.05, 0) is 70.4 Å². The van der Waals surface area contributed by atoms with Gasteiger partial charge in [-0.25, -0.2) is 9.97 Å². The molecule has 5 heteroatoms. The minimum atomic E-state index is 0.625. The molecule has 0 saturated carbocycles. The first-order valence-electron chi connectivity index (χ1n) is 17.9. The fourth-order valence-corrected chi connectivity index (χ4v) is 8.69. The molecule has 0 fully saturated rings. The Hall–Kier alpha value is -7.24. The molecule has 4 heterocycles. The van der Waals surface area contributed by atoms with Crippen molar-refractivity contribution in [2.45, 2.75) is 0 Å². The summed E-state index contributed by atoms with van der Waals surface area (Å²) in [6.45, 7) is 0. The third kappa shape index (κ3) is 3.91. The molecule has 12 rings (SSSR count). The van der Waals surface area contributed by atoms with E-state index in [4.69, 9.17) is 14.7 Å². The standard InChI is InChI=1S/C48H28N4O/c1-2-13-29(14-3-1)30-25-27-31(28-26-30)51-38-21-9-6-17-34(38)42-32-15-4-5-16-33(32)43-35-18-7-10-22-39(35)52(47(43)46(42)51)48-49-37-20-12-24-41-44(37)45(50-48)36-19-8-11-23-40(36)53-41/h1-28H. The first-order valence-corrected chi connectivity index (χ1v) is 17.9. The van der Waals surface area contributed by atoms with Gasteiger partial charge in [0.05, 0.1) is 38.7 Å². The molecule has 3 aromatic heterocycles. The fourth-order valence-electron chi connectivity index (χ4n) is 8.69. The zero-order chi connectivity index (χ0) is 34.6. The summed E-state index contributed by atoms with van der Waals surface area (Å²) in [7, 11) is 0. The van der Waals surface area contributed by atoms with Crippen molar-refractivity contribution in [1.82, 2.24) is 19.1 Å². The normalized spacial score (nSPS) is 12.3. The maximum atomic E-state index is 6.37. The van der Waals surface area contributed by atoms with E-state index < -0.39 is 0 Å². The van der Waals surface area contributed by atoms with Crippen molar-refractivity contribution in [3.05, 3.63) is 170 Å². The number of ether oxygens (including phenoxy) is 1. The number of nitrogens with zero attached hydrogens (tertiary/aromatic N) is 4. The summed E-state index contributed by atoms with van der Waals surface area (Å²) in [5, 5.41) is 8.11. The monoisotopic (exact) mass is 676 g/mol. The van der Waals surface area contributed by atoms with E-state index in [1.807, 2.05) is 30.3 Å². The Bertz CT molecular complexity index is 3300. The van der Waals surface area contributed by atoms with Crippen LogP contribution in [0.2, 0.25) is 0 Å². The molecule has 0 N–H and O–H groups in total. The maximum Gasteiger partial charge on any atom is 0.235 e. The van der Waals surface area contributed by atoms with E-state index in [2.05, 4.69) is 149 Å². The lowest BCUT2D eigenvalue weighted by atomic mass is 9.98. The number of aromatic nitrogens is 4. The summed E-state index contributed by atoms with van der Waals surface area (Å²) in [4.78, 5) is 10.8. The predicted octanol–water partition coefficient (Wildman–Crippen LogP) is 12.4. The third-order valence-electron chi connectivity index (χ3n) is 10.9. The fraction of sp³-hybridized carbons (Fsp3) is 0. The van der Waals surface area contributed by atoms with Crippen LogP contribution in [0.5, 0.6) is 11.5 Å². The van der Waals surface area contributed by atoms with Crippen LogP contribution in [0.25, 0.3) is 99.3 Å². The second kappa shape index (κ2) is 10.6. The van der Waals surface area contributed by atoms with Gasteiger partial charge in [0.15, 0.2) is 0 Å². The van der Waals surface area contributed by atoms with Crippen molar-refractivity contribution in [3.8, 4) is 45.5 Å². The number of hydrogen-bond donors (Lipinski definition) is 0. The summed E-state index contributed by atoms with van der Waals surface area (Å²) >= 11 is 0. The number of fused-ring (bicyclic) bond motifs is 12. The largest absolute Gasteiger partial charge is 0.456 e. The Morgan fingerprint density at radius 3 is 1.70 bits per heavy atom. The summed E-state index contributed by atoms with van der Waals surface area (Å²) in [5.74, 6) is 2.20. The molecule has 0 atom stereocenters. The molecule has 246 valence electrons. The smallest absolute Gasteiger partial charge is 0.235 e. The Morgan fingerprint density at radius 1 is 0.396 bits per heavy atom. The predicted molar refractivity (Wildman–Crippen MR) is 217 cm³/mol. The lowest BCUT2D eigenvalue weighted by Gasteiger charge is -2.21. The second-order valence-electron chi connectivity index (χ2n) is 13.7. The lowest BCUT2D eigenvalue weighted by Crippen LogP contribution is -2.07. The van der Waals surface area contributed by atoms with E-state index >= 15 is 0 Å². The van der Waals surface area contributed by atoms with Crippen LogP contribution < -0.4 is 4.74 Å². The molecule has 0 saturated heterocycles. The average molecular weight is 677 g/mol. The molecular weight excluding hydrogens is 649 g/mol. The van der Waals surface area contributed by atoms with Gasteiger partial charge in [0, 0.05) is 32.8 Å². The molecule has 0 bridgehead atoms. The van der Waals surface area contributed by atoms with Crippen LogP contribution in [0, 0.1) is 0 Å². The van der Waals surface area contributed by atoms with E-state index in [1.165, 1.54) is 38.1 Å². The lowest BCUT2D eigenvalue weighted by molar-refractivity contribution is 0.486. The van der Waals surface area contributed by atoms with Gasteiger partial charge in [0.1, 0.15) is 11.5 Å². The molecule has 0 spiro atoms. The van der Waals surface area contributed by atoms with Crippen LogP contribution in [-0.4, -0.2) is 19.1 Å². The van der Waals surface area contributed by atoms with Gasteiger partial charge in [0.25, 0.3) is 0 Å². The van der Waals surface area contributed by atoms with Crippen molar-refractivity contribution in [2.24, 2.45) is 0 Å². The molecular formula is C48H28N4O. The van der Waals surface area contributed by atoms with Gasteiger partial charge in [0.2, 0.25) is 5.95 Å². The van der Waals surface area contributed by atoms with E-state index in [-0.39, 0.29) is 0 Å². The van der Waals surface area contributed by atoms with Crippen LogP contribution in [0.4, 0.5) is 0 Å². The molecule has 5 nitrogen and oxygen atoms in total. The van der Waals surface area contributed by atoms with Gasteiger partial charge >= 0.3 is 0 Å². The van der Waals surface area contributed by atoms with Crippen LogP contribution in [0.1, 0.15) is 0 Å². The second-order valence-corrected chi connectivity index (χ2v) is 13.7. The number of benzene rings is 8. The molecule has 53 heavy (non-hydrogen) atoms. The Kier molecular flexibility index (Phi) is 5.71. The highest BCUT2D eigenvalue weighted by Crippen LogP contribution is 2.48. The molecule has 11 aromatic rings. The van der Waals surface area contributed by atoms with Gasteiger partial charge in [-0.2, -0.15) is 0 Å². The molecule has 1 aliphatic heterocycles. The topological polar surface area (TPSA) is 44.9 Å². The van der Waals surface area contributed by atoms with Gasteiger partial charge < -0.3 is 9.30 Å². The van der Waals surface area contributed by atoms with Crippen LogP contribution >= 0.6 is 0 Å². The number of para-hydroxylation sites is 3. The zero-order valence-corrected chi connectivity index (χ0v) is 28.4. The molecule has 0 radical (unpaired) electrons. The van der Waals surface area contributed by atoms with E-state index in [0.29, 0.717) is 5.95 Å². The SMILES string of the molecule is c1ccc(-c2ccc(-n3c4ccccc4c4c5ccccc5c5c6ccccc6n(-c6nc7c8c(cccc8n6)Oc6ccccc6-7)c5c43)cc2)cc1. The van der Waals surface area contributed by atoms with Crippen molar-refractivity contribution in [3.63, 3.8) is 0 Å². The Labute approximate surface area is 303 Å². The maximum absolute atomic E-state index is 6.37. The van der Waals surface area contributed by atoms with E-state index in [1.54, 1.807) is 0 Å². The molecule has 1 aliphatic rings. The van der Waals surface area contributed by atoms with Crippen molar-refractivity contribution in [1.29, 1.82) is 0 Å². The first kappa shape index (κ1) is 28.5. The van der Waals surface area contributed by atoms with Crippen LogP contribution in [0.15, 0.2) is 170 Å².